The number of tetrazole rings is 1. The van der Waals surface area contributed by atoms with E-state index in [0.717, 1.165) is 0 Å². The summed E-state index contributed by atoms with van der Waals surface area (Å²) in [5.41, 5.74) is 5.31. The number of carbonyl (C=O) groups is 1. The summed E-state index contributed by atoms with van der Waals surface area (Å²) in [5.74, 6) is -2.89. The van der Waals surface area contributed by atoms with E-state index < -0.39 is 59.4 Å². The van der Waals surface area contributed by atoms with Crippen molar-refractivity contribution >= 4 is 28.9 Å². The lowest BCUT2D eigenvalue weighted by molar-refractivity contribution is -0.129. The topological polar surface area (TPSA) is 132 Å². The van der Waals surface area contributed by atoms with Gasteiger partial charge in [-0.05, 0) is 59.5 Å². The van der Waals surface area contributed by atoms with E-state index in [4.69, 9.17) is 21.4 Å². The van der Waals surface area contributed by atoms with Gasteiger partial charge in [-0.25, -0.2) is 14.4 Å². The van der Waals surface area contributed by atoms with Crippen molar-refractivity contribution in [3.63, 3.8) is 0 Å². The van der Waals surface area contributed by atoms with Gasteiger partial charge in [0.25, 0.3) is 0 Å². The SMILES string of the molecule is [2H]c1nc([C@H]2CC[C@]3([2H])CC(c4c(-n5cnnn5)ccc(Cl)c4F)=CC(=O)N23)[nH]c1-c1c(F)nc(N)c([2H])c1[2H]. The standard InChI is InChI=1S/C23H18ClF2N9O/c24-14-3-5-16(34-10-29-32-33-34)20(21(14)25)11-7-12-1-4-17(35(12)19(36)8-11)23-28-9-15(30-23)13-2-6-18(27)31-22(13)26/h2-3,5-6,8-10,12,17H,1,4,7H2,(H2,27,31)(H,28,30)/t12-,17-/m1/s1/i2D,6D,9D,12D. The molecule has 10 nitrogen and oxygen atoms in total. The number of anilines is 1. The number of aromatic amines is 1. The molecule has 0 spiro atoms. The second kappa shape index (κ2) is 8.48. The number of aromatic nitrogens is 7. The zero-order chi connectivity index (χ0) is 28.5. The highest BCUT2D eigenvalue weighted by Crippen LogP contribution is 2.44. The highest BCUT2D eigenvalue weighted by molar-refractivity contribution is 6.31. The van der Waals surface area contributed by atoms with Gasteiger partial charge in [-0.1, -0.05) is 11.6 Å². The first kappa shape index (κ1) is 18.1. The molecule has 13 heteroatoms. The largest absolute Gasteiger partial charge is 0.384 e. The van der Waals surface area contributed by atoms with Gasteiger partial charge in [-0.3, -0.25) is 4.79 Å². The molecule has 3 N–H and O–H groups in total. The van der Waals surface area contributed by atoms with Gasteiger partial charge >= 0.3 is 0 Å². The minimum Gasteiger partial charge on any atom is -0.384 e. The Bertz CT molecular complexity index is 1730. The minimum atomic E-state index is -1.50. The zero-order valence-corrected chi connectivity index (χ0v) is 19.0. The second-order valence-corrected chi connectivity index (χ2v) is 8.61. The number of benzene rings is 1. The van der Waals surface area contributed by atoms with E-state index in [1.807, 2.05) is 0 Å². The van der Waals surface area contributed by atoms with Crippen molar-refractivity contribution in [1.82, 2.24) is 40.1 Å². The summed E-state index contributed by atoms with van der Waals surface area (Å²) in [6, 6.07) is -0.518. The van der Waals surface area contributed by atoms with Crippen LogP contribution in [0.4, 0.5) is 14.6 Å². The first-order chi connectivity index (χ1) is 19.0. The van der Waals surface area contributed by atoms with Gasteiger partial charge in [-0.2, -0.15) is 9.07 Å². The number of nitrogen functional groups attached to an aromatic ring is 1. The number of pyridine rings is 1. The van der Waals surface area contributed by atoms with Crippen LogP contribution in [-0.2, 0) is 4.79 Å². The number of imidazole rings is 1. The highest BCUT2D eigenvalue weighted by atomic mass is 35.5. The molecular weight excluding hydrogens is 492 g/mol. The molecule has 2 aliphatic rings. The molecular formula is C23H18ClF2N9O. The van der Waals surface area contributed by atoms with Crippen LogP contribution in [0.1, 0.15) is 42.2 Å². The molecule has 2 aliphatic heterocycles. The lowest BCUT2D eigenvalue weighted by Gasteiger charge is -2.33. The normalized spacial score (nSPS) is 23.1. The summed E-state index contributed by atoms with van der Waals surface area (Å²) in [6.45, 7) is 0. The molecule has 1 aromatic carbocycles. The third kappa shape index (κ3) is 3.61. The molecule has 0 aliphatic carbocycles. The Morgan fingerprint density at radius 1 is 1.28 bits per heavy atom. The predicted molar refractivity (Wildman–Crippen MR) is 126 cm³/mol. The Morgan fingerprint density at radius 2 is 2.14 bits per heavy atom. The predicted octanol–water partition coefficient (Wildman–Crippen LogP) is 3.48. The summed E-state index contributed by atoms with van der Waals surface area (Å²) in [7, 11) is 0. The van der Waals surface area contributed by atoms with Crippen molar-refractivity contribution in [3.05, 3.63) is 71.0 Å². The Hall–Kier alpha value is -4.19. The van der Waals surface area contributed by atoms with Crippen molar-refractivity contribution in [1.29, 1.82) is 0 Å². The first-order valence-corrected chi connectivity index (χ1v) is 11.1. The molecule has 3 aromatic heterocycles. The summed E-state index contributed by atoms with van der Waals surface area (Å²) in [4.78, 5) is 25.2. The summed E-state index contributed by atoms with van der Waals surface area (Å²) >= 11 is 6.06. The lowest BCUT2D eigenvalue weighted by atomic mass is 9.92. The third-order valence-electron chi connectivity index (χ3n) is 6.13. The van der Waals surface area contributed by atoms with Gasteiger partial charge in [0.1, 0.15) is 18.0 Å². The number of hydrogen-bond donors (Lipinski definition) is 2. The molecule has 6 rings (SSSR count). The number of halogens is 3. The summed E-state index contributed by atoms with van der Waals surface area (Å²) in [5, 5.41) is 10.8. The maximum Gasteiger partial charge on any atom is 0.247 e. The van der Waals surface area contributed by atoms with Crippen LogP contribution in [0.2, 0.25) is 5.02 Å². The van der Waals surface area contributed by atoms with Crippen molar-refractivity contribution in [3.8, 4) is 16.9 Å². The molecule has 0 unspecified atom stereocenters. The van der Waals surface area contributed by atoms with Crippen LogP contribution in [0.25, 0.3) is 22.5 Å². The number of amides is 1. The number of carbonyl (C=O) groups excluding carboxylic acids is 1. The molecule has 0 radical (unpaired) electrons. The molecule has 1 amide bonds. The Kier molecular flexibility index (Phi) is 4.27. The Labute approximate surface area is 213 Å². The van der Waals surface area contributed by atoms with Crippen LogP contribution in [0, 0.1) is 11.8 Å². The van der Waals surface area contributed by atoms with Crippen LogP contribution in [0.5, 0.6) is 0 Å². The molecule has 1 saturated heterocycles. The molecule has 36 heavy (non-hydrogen) atoms. The van der Waals surface area contributed by atoms with Crippen LogP contribution in [0.15, 0.2) is 42.8 Å². The van der Waals surface area contributed by atoms with Crippen molar-refractivity contribution in [2.45, 2.75) is 31.3 Å². The smallest absolute Gasteiger partial charge is 0.247 e. The fourth-order valence-corrected chi connectivity index (χ4v) is 4.74. The number of nitrogens with two attached hydrogens (primary N) is 1. The van der Waals surface area contributed by atoms with E-state index in [0.29, 0.717) is 0 Å². The van der Waals surface area contributed by atoms with E-state index in [9.17, 15) is 10.6 Å². The van der Waals surface area contributed by atoms with Gasteiger partial charge in [0.15, 0.2) is 5.82 Å². The molecule has 0 saturated carbocycles. The van der Waals surface area contributed by atoms with Crippen molar-refractivity contribution < 1.29 is 19.1 Å². The Morgan fingerprint density at radius 3 is 2.94 bits per heavy atom. The number of hydrogen-bond acceptors (Lipinski definition) is 7. The maximum atomic E-state index is 15.4. The average molecular weight is 514 g/mol. The number of H-pyrrole nitrogens is 1. The third-order valence-corrected chi connectivity index (χ3v) is 6.42. The van der Waals surface area contributed by atoms with Gasteiger partial charge in [0.05, 0.1) is 39.7 Å². The van der Waals surface area contributed by atoms with Crippen LogP contribution in [0.3, 0.4) is 0 Å². The van der Waals surface area contributed by atoms with Crippen molar-refractivity contribution in [2.75, 3.05) is 5.73 Å². The lowest BCUT2D eigenvalue weighted by Crippen LogP contribution is -2.39. The fourth-order valence-electron chi connectivity index (χ4n) is 4.58. The number of nitrogens with one attached hydrogen (secondary N) is 1. The van der Waals surface area contributed by atoms with E-state index in [-0.39, 0.29) is 52.6 Å². The summed E-state index contributed by atoms with van der Waals surface area (Å²) < 4.78 is 64.7. The summed E-state index contributed by atoms with van der Waals surface area (Å²) in [6.07, 6.45) is 2.45. The molecule has 2 atom stereocenters. The van der Waals surface area contributed by atoms with Crippen LogP contribution >= 0.6 is 11.6 Å². The van der Waals surface area contributed by atoms with Gasteiger partial charge in [-0.15, -0.1) is 5.10 Å². The van der Waals surface area contributed by atoms with Gasteiger partial charge in [0, 0.05) is 17.7 Å². The number of fused-ring (bicyclic) bond motifs is 1. The highest BCUT2D eigenvalue weighted by Gasteiger charge is 2.42. The number of rotatable bonds is 4. The van der Waals surface area contributed by atoms with Gasteiger partial charge < -0.3 is 15.6 Å². The Balaban J connectivity index is 1.40. The van der Waals surface area contributed by atoms with E-state index >= 15 is 4.39 Å². The monoisotopic (exact) mass is 513 g/mol. The van der Waals surface area contributed by atoms with E-state index in [1.165, 1.54) is 34.1 Å². The first-order valence-electron chi connectivity index (χ1n) is 12.7. The molecule has 4 aromatic rings. The molecule has 182 valence electrons. The quantitative estimate of drug-likeness (QED) is 0.399. The van der Waals surface area contributed by atoms with Crippen LogP contribution < -0.4 is 5.73 Å². The average Bonchev–Trinajstić information content (AvgIpc) is 3.64. The van der Waals surface area contributed by atoms with Gasteiger partial charge in [0.2, 0.25) is 11.9 Å². The molecule has 1 fully saturated rings. The molecule has 5 heterocycles. The van der Waals surface area contributed by atoms with Crippen LogP contribution in [-0.4, -0.2) is 52.0 Å². The van der Waals surface area contributed by atoms with E-state index in [2.05, 4.69) is 30.5 Å². The fraction of sp³-hybridized carbons (Fsp3) is 0.217. The number of nitrogens with zero attached hydrogens (tertiary/aromatic N) is 7. The van der Waals surface area contributed by atoms with Crippen molar-refractivity contribution in [2.24, 2.45) is 0 Å². The zero-order valence-electron chi connectivity index (χ0n) is 22.3. The molecule has 0 bridgehead atoms. The minimum absolute atomic E-state index is 0.00268. The maximum absolute atomic E-state index is 15.4. The van der Waals surface area contributed by atoms with E-state index in [1.54, 1.807) is 0 Å². The second-order valence-electron chi connectivity index (χ2n) is 8.21.